The van der Waals surface area contributed by atoms with E-state index in [9.17, 15) is 0 Å². The maximum Gasteiger partial charge on any atom is 0.0713 e. The standard InChI is InChI=1S/C17H31NOS/c1-14(15-5-3-2-4-6-15)18-16-7-10-19-17(13-16)8-11-20-12-9-17/h14-16,18H,2-13H2,1H3. The van der Waals surface area contributed by atoms with Crippen molar-refractivity contribution in [2.45, 2.75) is 82.4 Å². The van der Waals surface area contributed by atoms with Crippen LogP contribution in [0.15, 0.2) is 0 Å². The third-order valence-electron chi connectivity index (χ3n) is 5.75. The molecule has 1 N–H and O–H groups in total. The van der Waals surface area contributed by atoms with Crippen molar-refractivity contribution >= 4 is 11.8 Å². The van der Waals surface area contributed by atoms with E-state index in [-0.39, 0.29) is 5.60 Å². The second-order valence-corrected chi connectivity index (χ2v) is 8.41. The number of hydrogen-bond acceptors (Lipinski definition) is 3. The predicted octanol–water partition coefficient (Wildman–Crippen LogP) is 3.99. The van der Waals surface area contributed by atoms with Gasteiger partial charge in [-0.25, -0.2) is 0 Å². The van der Waals surface area contributed by atoms with Crippen LogP contribution in [0, 0.1) is 5.92 Å². The molecule has 3 fully saturated rings. The summed E-state index contributed by atoms with van der Waals surface area (Å²) in [6.45, 7) is 3.40. The van der Waals surface area contributed by atoms with E-state index in [0.717, 1.165) is 12.5 Å². The molecule has 0 amide bonds. The quantitative estimate of drug-likeness (QED) is 0.851. The Morgan fingerprint density at radius 1 is 1.10 bits per heavy atom. The minimum atomic E-state index is 0.230. The van der Waals surface area contributed by atoms with Gasteiger partial charge in [0.15, 0.2) is 0 Å². The fourth-order valence-corrected chi connectivity index (χ4v) is 5.64. The van der Waals surface area contributed by atoms with Crippen LogP contribution in [-0.4, -0.2) is 35.8 Å². The highest BCUT2D eigenvalue weighted by atomic mass is 32.2. The summed E-state index contributed by atoms with van der Waals surface area (Å²) >= 11 is 2.10. The van der Waals surface area contributed by atoms with Gasteiger partial charge in [-0.15, -0.1) is 0 Å². The average Bonchev–Trinajstić information content (AvgIpc) is 2.49. The van der Waals surface area contributed by atoms with Gasteiger partial charge in [0, 0.05) is 18.7 Å². The molecule has 3 rings (SSSR count). The number of thioether (sulfide) groups is 1. The summed E-state index contributed by atoms with van der Waals surface area (Å²) in [5, 5.41) is 3.97. The van der Waals surface area contributed by atoms with Crippen LogP contribution >= 0.6 is 11.8 Å². The molecular weight excluding hydrogens is 266 g/mol. The Hall–Kier alpha value is 0.270. The molecule has 2 heterocycles. The summed E-state index contributed by atoms with van der Waals surface area (Å²) in [5.41, 5.74) is 0.230. The lowest BCUT2D eigenvalue weighted by Crippen LogP contribution is -2.51. The minimum absolute atomic E-state index is 0.230. The van der Waals surface area contributed by atoms with Gasteiger partial charge in [-0.05, 0) is 62.9 Å². The van der Waals surface area contributed by atoms with Gasteiger partial charge in [0.05, 0.1) is 5.60 Å². The van der Waals surface area contributed by atoms with E-state index in [1.165, 1.54) is 69.3 Å². The van der Waals surface area contributed by atoms with Gasteiger partial charge in [-0.2, -0.15) is 11.8 Å². The molecule has 3 aliphatic rings. The number of nitrogens with one attached hydrogen (secondary N) is 1. The van der Waals surface area contributed by atoms with Crippen LogP contribution in [0.3, 0.4) is 0 Å². The van der Waals surface area contributed by atoms with E-state index in [0.29, 0.717) is 12.1 Å². The van der Waals surface area contributed by atoms with Crippen molar-refractivity contribution < 1.29 is 4.74 Å². The first-order chi connectivity index (χ1) is 9.77. The molecular formula is C17H31NOS. The van der Waals surface area contributed by atoms with Crippen molar-refractivity contribution in [3.05, 3.63) is 0 Å². The van der Waals surface area contributed by atoms with Crippen LogP contribution in [-0.2, 0) is 4.74 Å². The third-order valence-corrected chi connectivity index (χ3v) is 6.74. The maximum absolute atomic E-state index is 6.21. The highest BCUT2D eigenvalue weighted by Gasteiger charge is 2.39. The van der Waals surface area contributed by atoms with E-state index >= 15 is 0 Å². The van der Waals surface area contributed by atoms with Crippen molar-refractivity contribution in [1.29, 1.82) is 0 Å². The van der Waals surface area contributed by atoms with Crippen molar-refractivity contribution in [3.8, 4) is 0 Å². The smallest absolute Gasteiger partial charge is 0.0713 e. The van der Waals surface area contributed by atoms with Crippen LogP contribution in [0.2, 0.25) is 0 Å². The average molecular weight is 298 g/mol. The first kappa shape index (κ1) is 15.2. The Labute approximate surface area is 128 Å². The van der Waals surface area contributed by atoms with Gasteiger partial charge in [0.2, 0.25) is 0 Å². The Morgan fingerprint density at radius 3 is 2.60 bits per heavy atom. The Morgan fingerprint density at radius 2 is 1.85 bits per heavy atom. The molecule has 0 aromatic heterocycles. The Balaban J connectivity index is 1.51. The lowest BCUT2D eigenvalue weighted by molar-refractivity contribution is -0.0947. The van der Waals surface area contributed by atoms with Crippen LogP contribution in [0.25, 0.3) is 0 Å². The molecule has 0 aromatic rings. The molecule has 0 bridgehead atoms. The highest BCUT2D eigenvalue weighted by molar-refractivity contribution is 7.99. The van der Waals surface area contributed by atoms with Gasteiger partial charge in [0.1, 0.15) is 0 Å². The van der Waals surface area contributed by atoms with Crippen molar-refractivity contribution in [1.82, 2.24) is 5.32 Å². The normalized spacial score (nSPS) is 33.1. The zero-order chi connectivity index (χ0) is 13.8. The van der Waals surface area contributed by atoms with Gasteiger partial charge in [-0.1, -0.05) is 19.3 Å². The second-order valence-electron chi connectivity index (χ2n) is 7.19. The molecule has 116 valence electrons. The molecule has 2 atom stereocenters. The monoisotopic (exact) mass is 297 g/mol. The molecule has 0 aromatic carbocycles. The summed E-state index contributed by atoms with van der Waals surface area (Å²) in [5.74, 6) is 3.51. The maximum atomic E-state index is 6.21. The van der Waals surface area contributed by atoms with E-state index < -0.39 is 0 Å². The van der Waals surface area contributed by atoms with E-state index in [1.54, 1.807) is 0 Å². The molecule has 2 saturated heterocycles. The number of ether oxygens (including phenoxy) is 1. The van der Waals surface area contributed by atoms with Crippen LogP contribution in [0.1, 0.15) is 64.7 Å². The lowest BCUT2D eigenvalue weighted by atomic mass is 9.82. The third kappa shape index (κ3) is 3.72. The molecule has 3 heteroatoms. The highest BCUT2D eigenvalue weighted by Crippen LogP contribution is 2.38. The van der Waals surface area contributed by atoms with E-state index in [4.69, 9.17) is 4.74 Å². The summed E-state index contributed by atoms with van der Waals surface area (Å²) in [4.78, 5) is 0. The molecule has 1 spiro atoms. The van der Waals surface area contributed by atoms with Crippen LogP contribution in [0.4, 0.5) is 0 Å². The predicted molar refractivity (Wildman–Crippen MR) is 87.4 cm³/mol. The first-order valence-corrected chi connectivity index (χ1v) is 9.91. The lowest BCUT2D eigenvalue weighted by Gasteiger charge is -2.44. The van der Waals surface area contributed by atoms with Crippen LogP contribution in [0.5, 0.6) is 0 Å². The van der Waals surface area contributed by atoms with Gasteiger partial charge < -0.3 is 10.1 Å². The zero-order valence-corrected chi connectivity index (χ0v) is 13.9. The van der Waals surface area contributed by atoms with Gasteiger partial charge in [0.25, 0.3) is 0 Å². The van der Waals surface area contributed by atoms with Crippen molar-refractivity contribution in [2.75, 3.05) is 18.1 Å². The van der Waals surface area contributed by atoms with Gasteiger partial charge >= 0.3 is 0 Å². The minimum Gasteiger partial charge on any atom is -0.375 e. The molecule has 2 unspecified atom stereocenters. The molecule has 20 heavy (non-hydrogen) atoms. The second kappa shape index (κ2) is 7.02. The number of rotatable bonds is 3. The first-order valence-electron chi connectivity index (χ1n) is 8.75. The van der Waals surface area contributed by atoms with E-state index in [1.807, 2.05) is 0 Å². The molecule has 2 aliphatic heterocycles. The summed E-state index contributed by atoms with van der Waals surface area (Å²) in [6.07, 6.45) is 12.3. The molecule has 1 aliphatic carbocycles. The fraction of sp³-hybridized carbons (Fsp3) is 1.00. The van der Waals surface area contributed by atoms with E-state index in [2.05, 4.69) is 24.0 Å². The summed E-state index contributed by atoms with van der Waals surface area (Å²) < 4.78 is 6.21. The largest absolute Gasteiger partial charge is 0.375 e. The van der Waals surface area contributed by atoms with Gasteiger partial charge in [-0.3, -0.25) is 0 Å². The van der Waals surface area contributed by atoms with Crippen molar-refractivity contribution in [3.63, 3.8) is 0 Å². The number of hydrogen-bond donors (Lipinski definition) is 1. The summed E-state index contributed by atoms with van der Waals surface area (Å²) in [6, 6.07) is 1.40. The molecule has 1 saturated carbocycles. The molecule has 0 radical (unpaired) electrons. The summed E-state index contributed by atoms with van der Waals surface area (Å²) in [7, 11) is 0. The fourth-order valence-electron chi connectivity index (χ4n) is 4.40. The SMILES string of the molecule is CC(NC1CCOC2(CCSCC2)C1)C1CCCCC1. The Kier molecular flexibility index (Phi) is 5.33. The van der Waals surface area contributed by atoms with Crippen LogP contribution < -0.4 is 5.32 Å². The Bertz CT molecular complexity index is 292. The van der Waals surface area contributed by atoms with Crippen molar-refractivity contribution in [2.24, 2.45) is 5.92 Å². The molecule has 2 nitrogen and oxygen atoms in total. The topological polar surface area (TPSA) is 21.3 Å². The zero-order valence-electron chi connectivity index (χ0n) is 13.0.